The van der Waals surface area contributed by atoms with E-state index in [1.807, 2.05) is 27.1 Å². The van der Waals surface area contributed by atoms with Gasteiger partial charge in [-0.15, -0.1) is 0 Å². The predicted molar refractivity (Wildman–Crippen MR) is 84.6 cm³/mol. The minimum absolute atomic E-state index is 0.0178. The highest BCUT2D eigenvalue weighted by Crippen LogP contribution is 2.06. The second-order valence-electron chi connectivity index (χ2n) is 5.32. The molecule has 1 atom stereocenters. The maximum Gasteiger partial charge on any atom is 0.269 e. The maximum atomic E-state index is 12.1. The van der Waals surface area contributed by atoms with Gasteiger partial charge in [-0.05, 0) is 46.5 Å². The summed E-state index contributed by atoms with van der Waals surface area (Å²) in [6, 6.07) is 5.22. The van der Waals surface area contributed by atoms with Gasteiger partial charge in [0.05, 0.1) is 17.4 Å². The van der Waals surface area contributed by atoms with Gasteiger partial charge in [-0.3, -0.25) is 4.79 Å². The highest BCUT2D eigenvalue weighted by Gasteiger charge is 2.13. The largest absolute Gasteiger partial charge is 0.377 e. The molecule has 0 fully saturated rings. The third-order valence-electron chi connectivity index (χ3n) is 3.23. The molecule has 0 aliphatic carbocycles. The number of hydrogen-bond donors (Lipinski definition) is 1. The molecule has 0 radical (unpaired) electrons. The van der Waals surface area contributed by atoms with Crippen molar-refractivity contribution in [3.8, 4) is 6.07 Å². The highest BCUT2D eigenvalue weighted by molar-refractivity contribution is 5.92. The second kappa shape index (κ2) is 9.13. The molecular formula is C16H24N4O2. The van der Waals surface area contributed by atoms with Crippen molar-refractivity contribution in [1.29, 1.82) is 5.26 Å². The van der Waals surface area contributed by atoms with E-state index in [1.165, 1.54) is 0 Å². The van der Waals surface area contributed by atoms with Crippen LogP contribution in [0.3, 0.4) is 0 Å². The number of carbonyl (C=O) groups excluding carboxylic acids is 1. The molecule has 120 valence electrons. The molecule has 0 aliphatic rings. The molecule has 1 aromatic heterocycles. The van der Waals surface area contributed by atoms with Gasteiger partial charge in [0.1, 0.15) is 11.8 Å². The molecular weight excluding hydrogens is 280 g/mol. The fourth-order valence-electron chi connectivity index (χ4n) is 1.98. The Morgan fingerprint density at radius 3 is 2.77 bits per heavy atom. The number of pyridine rings is 1. The molecule has 0 saturated heterocycles. The molecule has 0 spiro atoms. The first-order valence-electron chi connectivity index (χ1n) is 7.40. The van der Waals surface area contributed by atoms with E-state index < -0.39 is 0 Å². The number of rotatable bonds is 8. The van der Waals surface area contributed by atoms with Crippen molar-refractivity contribution in [2.24, 2.45) is 0 Å². The molecule has 22 heavy (non-hydrogen) atoms. The smallest absolute Gasteiger partial charge is 0.269 e. The highest BCUT2D eigenvalue weighted by atomic mass is 16.5. The summed E-state index contributed by atoms with van der Waals surface area (Å²) in [7, 11) is 4.01. The minimum atomic E-state index is -0.248. The van der Waals surface area contributed by atoms with Crippen LogP contribution >= 0.6 is 0 Å². The Balaban J connectivity index is 2.59. The Bertz CT molecular complexity index is 537. The van der Waals surface area contributed by atoms with E-state index in [-0.39, 0.29) is 12.0 Å². The molecule has 1 heterocycles. The average molecular weight is 304 g/mol. The van der Waals surface area contributed by atoms with E-state index in [4.69, 9.17) is 10.00 Å². The van der Waals surface area contributed by atoms with E-state index >= 15 is 0 Å². The van der Waals surface area contributed by atoms with E-state index in [0.717, 1.165) is 13.0 Å². The van der Waals surface area contributed by atoms with Crippen molar-refractivity contribution < 1.29 is 9.53 Å². The van der Waals surface area contributed by atoms with Crippen LogP contribution in [0.2, 0.25) is 0 Å². The summed E-state index contributed by atoms with van der Waals surface area (Å²) < 4.78 is 5.63. The van der Waals surface area contributed by atoms with Crippen LogP contribution in [0, 0.1) is 18.3 Å². The first-order valence-corrected chi connectivity index (χ1v) is 7.40. The molecule has 6 heteroatoms. The topological polar surface area (TPSA) is 78.2 Å². The third kappa shape index (κ3) is 5.80. The number of carbonyl (C=O) groups is 1. The fraction of sp³-hybridized carbons (Fsp3) is 0.562. The van der Waals surface area contributed by atoms with Gasteiger partial charge in [0.25, 0.3) is 5.91 Å². The normalized spacial score (nSPS) is 12.0. The number of hydrogen-bond acceptors (Lipinski definition) is 5. The van der Waals surface area contributed by atoms with Crippen molar-refractivity contribution >= 4 is 5.91 Å². The minimum Gasteiger partial charge on any atom is -0.377 e. The van der Waals surface area contributed by atoms with Gasteiger partial charge in [0.15, 0.2) is 0 Å². The van der Waals surface area contributed by atoms with Crippen LogP contribution in [-0.4, -0.2) is 55.7 Å². The molecule has 0 aliphatic heterocycles. The van der Waals surface area contributed by atoms with E-state index in [1.54, 1.807) is 19.1 Å². The number of aromatic nitrogens is 1. The van der Waals surface area contributed by atoms with Gasteiger partial charge in [-0.25, -0.2) is 4.98 Å². The second-order valence-corrected chi connectivity index (χ2v) is 5.32. The van der Waals surface area contributed by atoms with Crippen LogP contribution in [0.25, 0.3) is 0 Å². The molecule has 6 nitrogen and oxygen atoms in total. The van der Waals surface area contributed by atoms with Crippen LogP contribution in [0.1, 0.15) is 35.1 Å². The molecule has 1 rings (SSSR count). The van der Waals surface area contributed by atoms with Crippen molar-refractivity contribution in [1.82, 2.24) is 15.2 Å². The van der Waals surface area contributed by atoms with E-state index in [0.29, 0.717) is 30.1 Å². The van der Waals surface area contributed by atoms with Crippen LogP contribution in [-0.2, 0) is 4.74 Å². The van der Waals surface area contributed by atoms with Gasteiger partial charge >= 0.3 is 0 Å². The predicted octanol–water partition coefficient (Wildman–Crippen LogP) is 1.35. The van der Waals surface area contributed by atoms with E-state index in [9.17, 15) is 4.79 Å². The van der Waals surface area contributed by atoms with Crippen molar-refractivity contribution in [3.05, 3.63) is 29.1 Å². The molecule has 0 bridgehead atoms. The number of aryl methyl sites for hydroxylation is 1. The van der Waals surface area contributed by atoms with Crippen molar-refractivity contribution in [2.45, 2.75) is 26.4 Å². The lowest BCUT2D eigenvalue weighted by Crippen LogP contribution is -2.36. The summed E-state index contributed by atoms with van der Waals surface area (Å²) >= 11 is 0. The lowest BCUT2D eigenvalue weighted by Gasteiger charge is -2.19. The van der Waals surface area contributed by atoms with Crippen molar-refractivity contribution in [3.63, 3.8) is 0 Å². The maximum absolute atomic E-state index is 12.1. The number of ether oxygens (including phenoxy) is 1. The third-order valence-corrected chi connectivity index (χ3v) is 3.23. The molecule has 1 amide bonds. The Kier molecular flexibility index (Phi) is 7.50. The number of nitrogens with zero attached hydrogens (tertiary/aromatic N) is 3. The molecule has 0 unspecified atom stereocenters. The quantitative estimate of drug-likeness (QED) is 0.784. The van der Waals surface area contributed by atoms with Gasteiger partial charge in [0.2, 0.25) is 0 Å². The zero-order valence-corrected chi connectivity index (χ0v) is 13.7. The first kappa shape index (κ1) is 18.1. The van der Waals surface area contributed by atoms with Gasteiger partial charge < -0.3 is 15.0 Å². The van der Waals surface area contributed by atoms with Crippen LogP contribution in [0.4, 0.5) is 0 Å². The Labute approximate surface area is 132 Å². The summed E-state index contributed by atoms with van der Waals surface area (Å²) in [6.45, 7) is 5.61. The summed E-state index contributed by atoms with van der Waals surface area (Å²) in [4.78, 5) is 18.4. The Hall–Kier alpha value is -1.97. The lowest BCUT2D eigenvalue weighted by atomic mass is 10.2. The van der Waals surface area contributed by atoms with Crippen molar-refractivity contribution in [2.75, 3.05) is 33.8 Å². The standard InChI is InChI=1S/C16H24N4O2/c1-5-22-14(8-9-20(3)4)11-18-16(21)15-7-6-13(10-17)12(2)19-15/h6-7,14H,5,8-9,11H2,1-4H3,(H,18,21)/t14-/m0/s1. The number of nitrogens with one attached hydrogen (secondary N) is 1. The molecule has 0 saturated carbocycles. The SMILES string of the molecule is CCO[C@@H](CCN(C)C)CNC(=O)c1ccc(C#N)c(C)n1. The van der Waals surface area contributed by atoms with Crippen LogP contribution in [0.5, 0.6) is 0 Å². The number of nitriles is 1. The summed E-state index contributed by atoms with van der Waals surface area (Å²) in [5, 5.41) is 11.7. The Morgan fingerprint density at radius 2 is 2.23 bits per heavy atom. The summed E-state index contributed by atoms with van der Waals surface area (Å²) in [6.07, 6.45) is 0.830. The van der Waals surface area contributed by atoms with Crippen LogP contribution in [0.15, 0.2) is 12.1 Å². The molecule has 1 aromatic rings. The van der Waals surface area contributed by atoms with Gasteiger partial charge in [-0.1, -0.05) is 0 Å². The summed E-state index contributed by atoms with van der Waals surface area (Å²) in [5.41, 5.74) is 1.36. The first-order chi connectivity index (χ1) is 10.5. The molecule has 1 N–H and O–H groups in total. The van der Waals surface area contributed by atoms with Crippen LogP contribution < -0.4 is 5.32 Å². The average Bonchev–Trinajstić information content (AvgIpc) is 2.49. The number of amides is 1. The van der Waals surface area contributed by atoms with Gasteiger partial charge in [0, 0.05) is 19.7 Å². The Morgan fingerprint density at radius 1 is 1.50 bits per heavy atom. The summed E-state index contributed by atoms with van der Waals surface area (Å²) in [5.74, 6) is -0.248. The fourth-order valence-corrected chi connectivity index (χ4v) is 1.98. The lowest BCUT2D eigenvalue weighted by molar-refractivity contribution is 0.0495. The van der Waals surface area contributed by atoms with Gasteiger partial charge in [-0.2, -0.15) is 5.26 Å². The zero-order chi connectivity index (χ0) is 16.5. The molecule has 0 aromatic carbocycles. The zero-order valence-electron chi connectivity index (χ0n) is 13.7. The van der Waals surface area contributed by atoms with E-state index in [2.05, 4.69) is 15.2 Å². The monoisotopic (exact) mass is 304 g/mol.